The highest BCUT2D eigenvalue weighted by Crippen LogP contribution is 2.33. The summed E-state index contributed by atoms with van der Waals surface area (Å²) in [5.74, 6) is 1.31. The van der Waals surface area contributed by atoms with E-state index >= 15 is 0 Å². The van der Waals surface area contributed by atoms with Crippen molar-refractivity contribution in [2.45, 2.75) is 32.2 Å². The minimum Gasteiger partial charge on any atom is -0.493 e. The summed E-state index contributed by atoms with van der Waals surface area (Å²) in [4.78, 5) is 4.45. The zero-order valence-corrected chi connectivity index (χ0v) is 16.9. The van der Waals surface area contributed by atoms with Crippen molar-refractivity contribution in [2.24, 2.45) is 10.7 Å². The van der Waals surface area contributed by atoms with E-state index in [0.29, 0.717) is 19.1 Å². The molecule has 0 atom stereocenters. The fourth-order valence-corrected chi connectivity index (χ4v) is 3.73. The molecule has 2 aromatic rings. The minimum atomic E-state index is 0. The Morgan fingerprint density at radius 3 is 2.84 bits per heavy atom. The van der Waals surface area contributed by atoms with Gasteiger partial charge in [-0.25, -0.2) is 4.99 Å². The topological polar surface area (TPSA) is 59.6 Å². The molecule has 0 spiro atoms. The van der Waals surface area contributed by atoms with Crippen LogP contribution in [0.15, 0.2) is 35.3 Å². The maximum absolute atomic E-state index is 6.18. The molecule has 0 radical (unpaired) electrons. The smallest absolute Gasteiger partial charge is 0.193 e. The second-order valence-corrected chi connectivity index (χ2v) is 6.75. The maximum atomic E-state index is 6.18. The van der Waals surface area contributed by atoms with E-state index in [-0.39, 0.29) is 24.0 Å². The van der Waals surface area contributed by atoms with E-state index in [2.05, 4.69) is 28.5 Å². The second kappa shape index (κ2) is 7.83. The number of anilines is 1. The predicted molar refractivity (Wildman–Crippen MR) is 113 cm³/mol. The van der Waals surface area contributed by atoms with Gasteiger partial charge in [-0.2, -0.15) is 0 Å². The SMILES string of the molecule is I.NC(=NCc1cc(Cl)cc2c1OCC2)Nc1ccc2c(c1)CCC2. The molecule has 0 saturated heterocycles. The van der Waals surface area contributed by atoms with E-state index in [0.717, 1.165) is 40.4 Å². The first-order chi connectivity index (χ1) is 11.7. The van der Waals surface area contributed by atoms with Crippen LogP contribution in [0.1, 0.15) is 28.7 Å². The van der Waals surface area contributed by atoms with Crippen molar-refractivity contribution in [1.82, 2.24) is 0 Å². The highest BCUT2D eigenvalue weighted by molar-refractivity contribution is 14.0. The van der Waals surface area contributed by atoms with Crippen LogP contribution in [0.2, 0.25) is 5.02 Å². The van der Waals surface area contributed by atoms with Crippen LogP contribution >= 0.6 is 35.6 Å². The average Bonchev–Trinajstić information content (AvgIpc) is 3.20. The van der Waals surface area contributed by atoms with Crippen LogP contribution in [0.25, 0.3) is 0 Å². The summed E-state index contributed by atoms with van der Waals surface area (Å²) in [6.07, 6.45) is 4.46. The van der Waals surface area contributed by atoms with Gasteiger partial charge in [0.2, 0.25) is 0 Å². The Morgan fingerprint density at radius 1 is 1.12 bits per heavy atom. The van der Waals surface area contributed by atoms with Gasteiger partial charge in [0.05, 0.1) is 13.2 Å². The van der Waals surface area contributed by atoms with E-state index in [1.54, 1.807) is 0 Å². The summed E-state index contributed by atoms with van der Waals surface area (Å²) in [6, 6.07) is 10.3. The molecule has 4 nitrogen and oxygen atoms in total. The van der Waals surface area contributed by atoms with Gasteiger partial charge in [0.25, 0.3) is 0 Å². The third kappa shape index (κ3) is 4.03. The summed E-state index contributed by atoms with van der Waals surface area (Å²) in [5, 5.41) is 3.90. The van der Waals surface area contributed by atoms with E-state index in [1.165, 1.54) is 24.0 Å². The van der Waals surface area contributed by atoms with Crippen molar-refractivity contribution in [2.75, 3.05) is 11.9 Å². The molecule has 0 saturated carbocycles. The Morgan fingerprint density at radius 2 is 1.96 bits per heavy atom. The Bertz CT molecular complexity index is 823. The Labute approximate surface area is 169 Å². The lowest BCUT2D eigenvalue weighted by atomic mass is 10.1. The number of aliphatic imine (C=N–C) groups is 1. The lowest BCUT2D eigenvalue weighted by Crippen LogP contribution is -2.22. The molecule has 2 aliphatic rings. The van der Waals surface area contributed by atoms with Crippen LogP contribution in [0.4, 0.5) is 5.69 Å². The number of fused-ring (bicyclic) bond motifs is 2. The first-order valence-corrected chi connectivity index (χ1v) is 8.70. The van der Waals surface area contributed by atoms with Crippen molar-refractivity contribution in [1.29, 1.82) is 0 Å². The molecule has 132 valence electrons. The molecule has 1 heterocycles. The first kappa shape index (κ1) is 18.3. The molecule has 4 rings (SSSR count). The van der Waals surface area contributed by atoms with Gasteiger partial charge in [-0.15, -0.1) is 24.0 Å². The zero-order chi connectivity index (χ0) is 16.5. The number of guanidine groups is 1. The number of nitrogens with one attached hydrogen (secondary N) is 1. The van der Waals surface area contributed by atoms with Crippen molar-refractivity contribution < 1.29 is 4.74 Å². The Balaban J connectivity index is 0.00000182. The fraction of sp³-hybridized carbons (Fsp3) is 0.316. The molecular formula is C19H21ClIN3O. The predicted octanol–water partition coefficient (Wildman–Crippen LogP) is 4.31. The van der Waals surface area contributed by atoms with Crippen molar-refractivity contribution in [3.63, 3.8) is 0 Å². The zero-order valence-electron chi connectivity index (χ0n) is 13.8. The number of rotatable bonds is 3. The van der Waals surface area contributed by atoms with Crippen molar-refractivity contribution >= 4 is 47.2 Å². The monoisotopic (exact) mass is 469 g/mol. The summed E-state index contributed by atoms with van der Waals surface area (Å²) < 4.78 is 5.70. The quantitative estimate of drug-likeness (QED) is 0.400. The van der Waals surface area contributed by atoms with Crippen LogP contribution in [-0.4, -0.2) is 12.6 Å². The lowest BCUT2D eigenvalue weighted by Gasteiger charge is -2.09. The number of ether oxygens (including phenoxy) is 1. The van der Waals surface area contributed by atoms with Gasteiger partial charge in [-0.05, 0) is 60.2 Å². The average molecular weight is 470 g/mol. The largest absolute Gasteiger partial charge is 0.493 e. The number of benzene rings is 2. The summed E-state index contributed by atoms with van der Waals surface area (Å²) in [5.41, 5.74) is 12.0. The first-order valence-electron chi connectivity index (χ1n) is 8.32. The standard InChI is InChI=1S/C19H20ClN3O.HI/c20-16-8-14-6-7-24-18(14)15(9-16)11-22-19(21)23-17-5-4-12-2-1-3-13(12)10-17;/h4-5,8-10H,1-3,6-7,11H2,(H3,21,22,23);1H. The van der Waals surface area contributed by atoms with Crippen LogP contribution in [0, 0.1) is 0 Å². The van der Waals surface area contributed by atoms with Crippen LogP contribution in [0.3, 0.4) is 0 Å². The molecule has 0 amide bonds. The molecular weight excluding hydrogens is 449 g/mol. The molecule has 3 N–H and O–H groups in total. The fourth-order valence-electron chi connectivity index (χ4n) is 3.47. The van der Waals surface area contributed by atoms with Crippen LogP contribution in [0.5, 0.6) is 5.75 Å². The number of aryl methyl sites for hydroxylation is 2. The highest BCUT2D eigenvalue weighted by Gasteiger charge is 2.17. The van der Waals surface area contributed by atoms with Gasteiger partial charge in [0.15, 0.2) is 5.96 Å². The Kier molecular flexibility index (Phi) is 5.74. The highest BCUT2D eigenvalue weighted by atomic mass is 127. The van der Waals surface area contributed by atoms with Crippen LogP contribution < -0.4 is 15.8 Å². The van der Waals surface area contributed by atoms with Gasteiger partial charge in [0, 0.05) is 22.7 Å². The summed E-state index contributed by atoms with van der Waals surface area (Å²) in [7, 11) is 0. The second-order valence-electron chi connectivity index (χ2n) is 6.32. The molecule has 2 aromatic carbocycles. The molecule has 1 aliphatic heterocycles. The van der Waals surface area contributed by atoms with E-state index < -0.39 is 0 Å². The van der Waals surface area contributed by atoms with Crippen molar-refractivity contribution in [3.05, 3.63) is 57.6 Å². The summed E-state index contributed by atoms with van der Waals surface area (Å²) >= 11 is 6.18. The molecule has 1 aliphatic carbocycles. The normalized spacial score (nSPS) is 15.2. The Hall–Kier alpha value is -1.47. The number of nitrogens with zero attached hydrogens (tertiary/aromatic N) is 1. The van der Waals surface area contributed by atoms with Gasteiger partial charge in [0.1, 0.15) is 5.75 Å². The van der Waals surface area contributed by atoms with Gasteiger partial charge in [-0.1, -0.05) is 17.7 Å². The minimum absolute atomic E-state index is 0. The molecule has 0 unspecified atom stereocenters. The van der Waals surface area contributed by atoms with E-state index in [9.17, 15) is 0 Å². The molecule has 0 fully saturated rings. The third-order valence-corrected chi connectivity index (χ3v) is 4.83. The number of hydrogen-bond donors (Lipinski definition) is 2. The van der Waals surface area contributed by atoms with Gasteiger partial charge >= 0.3 is 0 Å². The number of nitrogens with two attached hydrogens (primary N) is 1. The van der Waals surface area contributed by atoms with E-state index in [1.807, 2.05) is 12.1 Å². The van der Waals surface area contributed by atoms with Crippen molar-refractivity contribution in [3.8, 4) is 5.75 Å². The number of hydrogen-bond acceptors (Lipinski definition) is 2. The summed E-state index contributed by atoms with van der Waals surface area (Å²) in [6.45, 7) is 1.15. The maximum Gasteiger partial charge on any atom is 0.193 e. The molecule has 6 heteroatoms. The van der Waals surface area contributed by atoms with E-state index in [4.69, 9.17) is 22.1 Å². The lowest BCUT2D eigenvalue weighted by molar-refractivity contribution is 0.353. The van der Waals surface area contributed by atoms with Gasteiger partial charge < -0.3 is 15.8 Å². The third-order valence-electron chi connectivity index (χ3n) is 4.62. The van der Waals surface area contributed by atoms with Crippen LogP contribution in [-0.2, 0) is 25.8 Å². The number of halogens is 2. The molecule has 0 aromatic heterocycles. The van der Waals surface area contributed by atoms with Gasteiger partial charge in [-0.3, -0.25) is 0 Å². The molecule has 25 heavy (non-hydrogen) atoms. The molecule has 0 bridgehead atoms.